The summed E-state index contributed by atoms with van der Waals surface area (Å²) in [6.07, 6.45) is 0. The number of aryl methyl sites for hydroxylation is 2. The number of nitrogens with one attached hydrogen (secondary N) is 1. The van der Waals surface area contributed by atoms with Crippen LogP contribution in [-0.4, -0.2) is 30.9 Å². The van der Waals surface area contributed by atoms with Crippen molar-refractivity contribution in [1.29, 1.82) is 0 Å². The molecule has 4 rings (SSSR count). The van der Waals surface area contributed by atoms with E-state index in [9.17, 15) is 9.59 Å². The summed E-state index contributed by atoms with van der Waals surface area (Å²) in [5.41, 5.74) is 4.99. The average molecular weight is 443 g/mol. The molecule has 0 unspecified atom stereocenters. The molecule has 33 heavy (non-hydrogen) atoms. The molecule has 1 heterocycles. The highest BCUT2D eigenvalue weighted by atomic mass is 16.5. The van der Waals surface area contributed by atoms with Crippen molar-refractivity contribution >= 4 is 23.1 Å². The maximum absolute atomic E-state index is 13.5. The number of hydrogen-bond acceptors (Lipinski definition) is 5. The minimum Gasteiger partial charge on any atom is -0.497 e. The summed E-state index contributed by atoms with van der Waals surface area (Å²) < 4.78 is 10.4. The molecular weight excluding hydrogens is 416 g/mol. The molecule has 0 radical (unpaired) electrons. The molecule has 1 aliphatic rings. The molecule has 0 saturated heterocycles. The van der Waals surface area contributed by atoms with E-state index in [4.69, 9.17) is 9.47 Å². The zero-order chi connectivity index (χ0) is 23.5. The Balaban J connectivity index is 1.72. The molecule has 0 atom stereocenters. The van der Waals surface area contributed by atoms with Gasteiger partial charge in [0.1, 0.15) is 17.2 Å². The summed E-state index contributed by atoms with van der Waals surface area (Å²) >= 11 is 0. The third-order valence-electron chi connectivity index (χ3n) is 5.54. The Morgan fingerprint density at radius 1 is 0.758 bits per heavy atom. The van der Waals surface area contributed by atoms with Gasteiger partial charge in [0.2, 0.25) is 0 Å². The van der Waals surface area contributed by atoms with Crippen LogP contribution in [0.5, 0.6) is 11.5 Å². The molecule has 168 valence electrons. The summed E-state index contributed by atoms with van der Waals surface area (Å²) in [4.78, 5) is 28.2. The van der Waals surface area contributed by atoms with Gasteiger partial charge >= 0.3 is 0 Å². The van der Waals surface area contributed by atoms with Gasteiger partial charge in [-0.25, -0.2) is 0 Å². The number of ether oxygens (including phenoxy) is 2. The third-order valence-corrected chi connectivity index (χ3v) is 5.54. The number of amides is 2. The predicted molar refractivity (Wildman–Crippen MR) is 128 cm³/mol. The van der Waals surface area contributed by atoms with E-state index in [-0.39, 0.29) is 24.1 Å². The quantitative estimate of drug-likeness (QED) is 0.537. The number of carbonyl (C=O) groups is 2. The van der Waals surface area contributed by atoms with Crippen molar-refractivity contribution < 1.29 is 19.1 Å². The van der Waals surface area contributed by atoms with Gasteiger partial charge in [0.15, 0.2) is 0 Å². The summed E-state index contributed by atoms with van der Waals surface area (Å²) in [6.45, 7) is 4.16. The predicted octanol–water partition coefficient (Wildman–Crippen LogP) is 4.71. The monoisotopic (exact) mass is 442 g/mol. The van der Waals surface area contributed by atoms with Gasteiger partial charge in [-0.05, 0) is 72.5 Å². The van der Waals surface area contributed by atoms with Crippen molar-refractivity contribution in [3.05, 3.63) is 94.7 Å². The second kappa shape index (κ2) is 9.20. The van der Waals surface area contributed by atoms with E-state index in [2.05, 4.69) is 11.4 Å². The van der Waals surface area contributed by atoms with Crippen LogP contribution < -0.4 is 14.8 Å². The molecule has 6 heteroatoms. The van der Waals surface area contributed by atoms with Crippen LogP contribution in [0.15, 0.2) is 72.4 Å². The molecule has 6 nitrogen and oxygen atoms in total. The molecule has 0 aromatic heterocycles. The van der Waals surface area contributed by atoms with Crippen molar-refractivity contribution in [1.82, 2.24) is 4.90 Å². The van der Waals surface area contributed by atoms with Crippen LogP contribution in [0, 0.1) is 13.8 Å². The van der Waals surface area contributed by atoms with Crippen LogP contribution in [0.25, 0.3) is 5.57 Å². The van der Waals surface area contributed by atoms with Gasteiger partial charge in [0.05, 0.1) is 26.3 Å². The number of carbonyl (C=O) groups excluding carboxylic acids is 2. The first-order valence-corrected chi connectivity index (χ1v) is 10.6. The van der Waals surface area contributed by atoms with Crippen molar-refractivity contribution in [3.8, 4) is 11.5 Å². The molecule has 0 spiro atoms. The van der Waals surface area contributed by atoms with Crippen LogP contribution in [0.3, 0.4) is 0 Å². The van der Waals surface area contributed by atoms with E-state index >= 15 is 0 Å². The van der Waals surface area contributed by atoms with Crippen molar-refractivity contribution in [2.24, 2.45) is 0 Å². The molecule has 1 N–H and O–H groups in total. The van der Waals surface area contributed by atoms with Crippen molar-refractivity contribution in [2.45, 2.75) is 20.4 Å². The SMILES string of the molecule is COc1ccc(CN2C(=O)C(Nc3cc(C)cc(C)c3)=C(c3ccc(OC)cc3)C2=O)cc1. The highest BCUT2D eigenvalue weighted by Gasteiger charge is 2.39. The van der Waals surface area contributed by atoms with Gasteiger partial charge < -0.3 is 14.8 Å². The lowest BCUT2D eigenvalue weighted by atomic mass is 10.0. The summed E-state index contributed by atoms with van der Waals surface area (Å²) in [5.74, 6) is 0.690. The third kappa shape index (κ3) is 4.60. The Morgan fingerprint density at radius 2 is 1.30 bits per heavy atom. The summed E-state index contributed by atoms with van der Waals surface area (Å²) in [5, 5.41) is 3.23. The van der Waals surface area contributed by atoms with E-state index in [0.29, 0.717) is 22.6 Å². The van der Waals surface area contributed by atoms with Gasteiger partial charge in [0.25, 0.3) is 11.8 Å². The van der Waals surface area contributed by atoms with E-state index in [1.54, 1.807) is 38.5 Å². The maximum Gasteiger partial charge on any atom is 0.278 e. The van der Waals surface area contributed by atoms with E-state index < -0.39 is 0 Å². The molecular formula is C27H26N2O4. The molecule has 2 amide bonds. The van der Waals surface area contributed by atoms with Crippen molar-refractivity contribution in [2.75, 3.05) is 19.5 Å². The molecule has 3 aromatic carbocycles. The Morgan fingerprint density at radius 3 is 1.85 bits per heavy atom. The maximum atomic E-state index is 13.5. The number of hydrogen-bond donors (Lipinski definition) is 1. The van der Waals surface area contributed by atoms with Gasteiger partial charge in [-0.1, -0.05) is 30.3 Å². The summed E-state index contributed by atoms with van der Waals surface area (Å²) in [6, 6.07) is 20.4. The number of rotatable bonds is 7. The fourth-order valence-corrected chi connectivity index (χ4v) is 3.97. The Bertz CT molecular complexity index is 1210. The fourth-order valence-electron chi connectivity index (χ4n) is 3.97. The largest absolute Gasteiger partial charge is 0.497 e. The highest BCUT2D eigenvalue weighted by molar-refractivity contribution is 6.36. The second-order valence-corrected chi connectivity index (χ2v) is 8.02. The topological polar surface area (TPSA) is 67.9 Å². The minimum absolute atomic E-state index is 0.166. The lowest BCUT2D eigenvalue weighted by Gasteiger charge is -2.16. The van der Waals surface area contributed by atoms with Crippen LogP contribution in [0.1, 0.15) is 22.3 Å². The number of benzene rings is 3. The Hall–Kier alpha value is -4.06. The number of anilines is 1. The van der Waals surface area contributed by atoms with Gasteiger partial charge in [0, 0.05) is 5.69 Å². The molecule has 0 saturated carbocycles. The lowest BCUT2D eigenvalue weighted by Crippen LogP contribution is -2.32. The van der Waals surface area contributed by atoms with Crippen LogP contribution >= 0.6 is 0 Å². The van der Waals surface area contributed by atoms with E-state index in [1.165, 1.54) is 4.90 Å². The smallest absolute Gasteiger partial charge is 0.278 e. The first kappa shape index (κ1) is 22.1. The van der Waals surface area contributed by atoms with E-state index in [1.807, 2.05) is 50.2 Å². The van der Waals surface area contributed by atoms with Crippen LogP contribution in [0.4, 0.5) is 5.69 Å². The van der Waals surface area contributed by atoms with Crippen molar-refractivity contribution in [3.63, 3.8) is 0 Å². The molecule has 0 bridgehead atoms. The van der Waals surface area contributed by atoms with Crippen LogP contribution in [0.2, 0.25) is 0 Å². The lowest BCUT2D eigenvalue weighted by molar-refractivity contribution is -0.137. The normalized spacial score (nSPS) is 13.5. The Kier molecular flexibility index (Phi) is 6.18. The minimum atomic E-state index is -0.360. The average Bonchev–Trinajstić information content (AvgIpc) is 3.03. The standard InChI is InChI=1S/C27H26N2O4/c1-17-13-18(2)15-21(14-17)28-25-24(20-7-11-23(33-4)12-8-20)26(30)29(27(25)31)16-19-5-9-22(32-3)10-6-19/h5-15,28H,16H2,1-4H3. The number of nitrogens with zero attached hydrogens (tertiary/aromatic N) is 1. The fraction of sp³-hybridized carbons (Fsp3) is 0.185. The molecule has 0 fully saturated rings. The highest BCUT2D eigenvalue weighted by Crippen LogP contribution is 2.33. The molecule has 0 aliphatic carbocycles. The van der Waals surface area contributed by atoms with Crippen LogP contribution in [-0.2, 0) is 16.1 Å². The zero-order valence-electron chi connectivity index (χ0n) is 19.1. The second-order valence-electron chi connectivity index (χ2n) is 8.02. The zero-order valence-corrected chi connectivity index (χ0v) is 19.1. The van der Waals surface area contributed by atoms with E-state index in [0.717, 1.165) is 22.4 Å². The number of imide groups is 1. The summed E-state index contributed by atoms with van der Waals surface area (Å²) in [7, 11) is 3.18. The van der Waals surface area contributed by atoms with Gasteiger partial charge in [-0.15, -0.1) is 0 Å². The Labute approximate surface area is 193 Å². The first-order chi connectivity index (χ1) is 15.9. The first-order valence-electron chi connectivity index (χ1n) is 10.6. The molecule has 1 aliphatic heterocycles. The number of methoxy groups -OCH3 is 2. The van der Waals surface area contributed by atoms with Gasteiger partial charge in [-0.2, -0.15) is 0 Å². The molecule has 3 aromatic rings. The van der Waals surface area contributed by atoms with Gasteiger partial charge in [-0.3, -0.25) is 14.5 Å².